The summed E-state index contributed by atoms with van der Waals surface area (Å²) in [6.07, 6.45) is 11.1. The number of rotatable bonds is 18. The number of hydrogen-bond donors (Lipinski definition) is 0. The van der Waals surface area contributed by atoms with Crippen LogP contribution in [0.25, 0.3) is 11.3 Å². The molecule has 1 heterocycles. The molecule has 0 aliphatic rings. The predicted molar refractivity (Wildman–Crippen MR) is 156 cm³/mol. The standard InChI is InChI=1S/C33H39NO6/c1-3-5-9-22-38-30-20-21-31(34-25-30)26-12-18-29(19-13-26)40-33(36)27-14-16-28(17-15-27)37-23-10-7-6-8-11-24-39-32(35)4-2/h4,12-21,25H,2-3,5-11,22-24H2,1H3. The second-order valence-corrected chi connectivity index (χ2v) is 9.36. The Balaban J connectivity index is 1.36. The predicted octanol–water partition coefficient (Wildman–Crippen LogP) is 7.60. The molecule has 0 unspecified atom stereocenters. The molecule has 3 rings (SSSR count). The van der Waals surface area contributed by atoms with Crippen molar-refractivity contribution >= 4 is 11.9 Å². The molecule has 0 fully saturated rings. The molecular weight excluding hydrogens is 506 g/mol. The molecule has 2 aromatic carbocycles. The Morgan fingerprint density at radius 1 is 0.725 bits per heavy atom. The minimum Gasteiger partial charge on any atom is -0.494 e. The van der Waals surface area contributed by atoms with Gasteiger partial charge >= 0.3 is 11.9 Å². The molecule has 0 amide bonds. The van der Waals surface area contributed by atoms with Crippen molar-refractivity contribution in [3.63, 3.8) is 0 Å². The summed E-state index contributed by atoms with van der Waals surface area (Å²) in [6.45, 7) is 7.27. The van der Waals surface area contributed by atoms with Gasteiger partial charge in [-0.15, -0.1) is 0 Å². The number of hydrogen-bond acceptors (Lipinski definition) is 7. The maximum Gasteiger partial charge on any atom is 0.343 e. The summed E-state index contributed by atoms with van der Waals surface area (Å²) >= 11 is 0. The zero-order chi connectivity index (χ0) is 28.4. The largest absolute Gasteiger partial charge is 0.494 e. The van der Waals surface area contributed by atoms with Gasteiger partial charge in [-0.1, -0.05) is 45.6 Å². The molecule has 0 N–H and O–H groups in total. The first-order valence-electron chi connectivity index (χ1n) is 14.0. The lowest BCUT2D eigenvalue weighted by atomic mass is 10.1. The molecule has 0 radical (unpaired) electrons. The number of unbranched alkanes of at least 4 members (excludes halogenated alkanes) is 6. The summed E-state index contributed by atoms with van der Waals surface area (Å²) in [5, 5.41) is 0. The smallest absolute Gasteiger partial charge is 0.343 e. The third kappa shape index (κ3) is 10.9. The molecule has 1 aromatic heterocycles. The van der Waals surface area contributed by atoms with Crippen LogP contribution in [0.15, 0.2) is 79.5 Å². The van der Waals surface area contributed by atoms with E-state index in [4.69, 9.17) is 18.9 Å². The normalized spacial score (nSPS) is 10.5. The van der Waals surface area contributed by atoms with E-state index < -0.39 is 5.97 Å². The Kier molecular flexibility index (Phi) is 13.3. The molecule has 7 nitrogen and oxygen atoms in total. The number of carbonyl (C=O) groups excluding carboxylic acids is 2. The fraction of sp³-hybridized carbons (Fsp3) is 0.364. The van der Waals surface area contributed by atoms with Gasteiger partial charge in [0.15, 0.2) is 0 Å². The molecule has 0 spiro atoms. The Labute approximate surface area is 237 Å². The van der Waals surface area contributed by atoms with Crippen LogP contribution in [0.5, 0.6) is 17.2 Å². The highest BCUT2D eigenvalue weighted by atomic mass is 16.5. The highest BCUT2D eigenvalue weighted by molar-refractivity contribution is 5.91. The van der Waals surface area contributed by atoms with Gasteiger partial charge in [0.05, 0.1) is 37.3 Å². The number of carbonyl (C=O) groups is 2. The van der Waals surface area contributed by atoms with Crippen LogP contribution in [-0.4, -0.2) is 36.7 Å². The van der Waals surface area contributed by atoms with Crippen LogP contribution in [0.4, 0.5) is 0 Å². The molecule has 0 atom stereocenters. The maximum atomic E-state index is 12.6. The van der Waals surface area contributed by atoms with Crippen LogP contribution in [0, 0.1) is 0 Å². The third-order valence-corrected chi connectivity index (χ3v) is 6.17. The number of ether oxygens (including phenoxy) is 4. The molecule has 3 aromatic rings. The van der Waals surface area contributed by atoms with Crippen LogP contribution < -0.4 is 14.2 Å². The van der Waals surface area contributed by atoms with Gasteiger partial charge in [-0.3, -0.25) is 4.98 Å². The van der Waals surface area contributed by atoms with Crippen molar-refractivity contribution in [3.05, 3.63) is 85.1 Å². The molecule has 40 heavy (non-hydrogen) atoms. The van der Waals surface area contributed by atoms with E-state index in [1.165, 1.54) is 6.08 Å². The van der Waals surface area contributed by atoms with E-state index in [9.17, 15) is 9.59 Å². The Morgan fingerprint density at radius 2 is 1.32 bits per heavy atom. The first-order chi connectivity index (χ1) is 19.6. The topological polar surface area (TPSA) is 84.0 Å². The van der Waals surface area contributed by atoms with Crippen LogP contribution >= 0.6 is 0 Å². The van der Waals surface area contributed by atoms with Gasteiger partial charge in [-0.2, -0.15) is 0 Å². The quantitative estimate of drug-likeness (QED) is 0.0704. The molecular formula is C33H39NO6. The Hall–Kier alpha value is -4.13. The Morgan fingerprint density at radius 3 is 1.98 bits per heavy atom. The fourth-order valence-electron chi connectivity index (χ4n) is 3.88. The second kappa shape index (κ2) is 17.5. The number of nitrogens with zero attached hydrogens (tertiary/aromatic N) is 1. The van der Waals surface area contributed by atoms with Crippen molar-refractivity contribution in [2.75, 3.05) is 19.8 Å². The lowest BCUT2D eigenvalue weighted by Crippen LogP contribution is -2.08. The zero-order valence-corrected chi connectivity index (χ0v) is 23.3. The van der Waals surface area contributed by atoms with Crippen LogP contribution in [0.1, 0.15) is 68.6 Å². The fourth-order valence-corrected chi connectivity index (χ4v) is 3.88. The molecule has 0 aliphatic carbocycles. The highest BCUT2D eigenvalue weighted by Crippen LogP contribution is 2.23. The lowest BCUT2D eigenvalue weighted by Gasteiger charge is -2.09. The molecule has 0 aliphatic heterocycles. The van der Waals surface area contributed by atoms with Crippen molar-refractivity contribution < 1.29 is 28.5 Å². The van der Waals surface area contributed by atoms with E-state index in [1.54, 1.807) is 42.6 Å². The monoisotopic (exact) mass is 545 g/mol. The van der Waals surface area contributed by atoms with E-state index in [0.717, 1.165) is 68.4 Å². The summed E-state index contributed by atoms with van der Waals surface area (Å²) < 4.78 is 22.0. The summed E-state index contributed by atoms with van der Waals surface area (Å²) in [6, 6.07) is 18.1. The first-order valence-corrected chi connectivity index (χ1v) is 14.0. The van der Waals surface area contributed by atoms with Gasteiger partial charge in [0, 0.05) is 11.6 Å². The summed E-state index contributed by atoms with van der Waals surface area (Å²) in [4.78, 5) is 28.0. The van der Waals surface area contributed by atoms with E-state index in [-0.39, 0.29) is 5.97 Å². The SMILES string of the molecule is C=CC(=O)OCCCCCCCOc1ccc(C(=O)Oc2ccc(-c3ccc(OCCCCC)cn3)cc2)cc1. The third-order valence-electron chi connectivity index (χ3n) is 6.17. The average Bonchev–Trinajstić information content (AvgIpc) is 2.99. The van der Waals surface area contributed by atoms with Crippen molar-refractivity contribution in [1.82, 2.24) is 4.98 Å². The minimum atomic E-state index is -0.430. The molecule has 212 valence electrons. The lowest BCUT2D eigenvalue weighted by molar-refractivity contribution is -0.137. The van der Waals surface area contributed by atoms with Crippen molar-refractivity contribution in [2.45, 2.75) is 58.3 Å². The van der Waals surface area contributed by atoms with E-state index in [2.05, 4.69) is 18.5 Å². The zero-order valence-electron chi connectivity index (χ0n) is 23.3. The van der Waals surface area contributed by atoms with Crippen molar-refractivity contribution in [1.29, 1.82) is 0 Å². The van der Waals surface area contributed by atoms with E-state index in [1.807, 2.05) is 24.3 Å². The number of aromatic nitrogens is 1. The van der Waals surface area contributed by atoms with Gasteiger partial charge in [0.2, 0.25) is 0 Å². The number of esters is 2. The van der Waals surface area contributed by atoms with Crippen molar-refractivity contribution in [3.8, 4) is 28.5 Å². The number of pyridine rings is 1. The molecule has 0 saturated heterocycles. The molecule has 0 bridgehead atoms. The summed E-state index contributed by atoms with van der Waals surface area (Å²) in [7, 11) is 0. The van der Waals surface area contributed by atoms with Crippen LogP contribution in [-0.2, 0) is 9.53 Å². The molecule has 0 saturated carbocycles. The Bertz CT molecular complexity index is 1170. The average molecular weight is 546 g/mol. The van der Waals surface area contributed by atoms with Gasteiger partial charge in [0.1, 0.15) is 17.2 Å². The van der Waals surface area contributed by atoms with Gasteiger partial charge in [0.25, 0.3) is 0 Å². The van der Waals surface area contributed by atoms with Crippen LogP contribution in [0.3, 0.4) is 0 Å². The van der Waals surface area contributed by atoms with E-state index >= 15 is 0 Å². The summed E-state index contributed by atoms with van der Waals surface area (Å²) in [5.41, 5.74) is 2.19. The van der Waals surface area contributed by atoms with Gasteiger partial charge < -0.3 is 18.9 Å². The molecule has 7 heteroatoms. The van der Waals surface area contributed by atoms with E-state index in [0.29, 0.717) is 36.9 Å². The van der Waals surface area contributed by atoms with Gasteiger partial charge in [-0.05, 0) is 79.9 Å². The van der Waals surface area contributed by atoms with Crippen LogP contribution in [0.2, 0.25) is 0 Å². The summed E-state index contributed by atoms with van der Waals surface area (Å²) in [5.74, 6) is 1.13. The highest BCUT2D eigenvalue weighted by Gasteiger charge is 2.10. The second-order valence-electron chi connectivity index (χ2n) is 9.36. The minimum absolute atomic E-state index is 0.374. The van der Waals surface area contributed by atoms with Crippen molar-refractivity contribution in [2.24, 2.45) is 0 Å². The number of benzene rings is 2. The first kappa shape index (κ1) is 30.4. The van der Waals surface area contributed by atoms with Gasteiger partial charge in [-0.25, -0.2) is 9.59 Å². The maximum absolute atomic E-state index is 12.6.